The van der Waals surface area contributed by atoms with E-state index in [1.54, 1.807) is 0 Å². The fraction of sp³-hybridized carbons (Fsp3) is 0.812. The van der Waals surface area contributed by atoms with Crippen molar-refractivity contribution < 1.29 is 9.53 Å². The van der Waals surface area contributed by atoms with Gasteiger partial charge < -0.3 is 4.74 Å². The number of unbranched alkanes of at least 4 members (excludes halogenated alkanes) is 7. The number of hydrogen-bond acceptors (Lipinski definition) is 2. The third-order valence-corrected chi connectivity index (χ3v) is 3.02. The van der Waals surface area contributed by atoms with Gasteiger partial charge in [0.05, 0.1) is 6.61 Å². The van der Waals surface area contributed by atoms with Gasteiger partial charge in [0.15, 0.2) is 0 Å². The van der Waals surface area contributed by atoms with Crippen molar-refractivity contribution in [2.75, 3.05) is 6.61 Å². The molecule has 0 heterocycles. The van der Waals surface area contributed by atoms with Crippen molar-refractivity contribution in [3.8, 4) is 0 Å². The van der Waals surface area contributed by atoms with Gasteiger partial charge in [-0.1, -0.05) is 64.0 Å². The third kappa shape index (κ3) is 13.3. The van der Waals surface area contributed by atoms with Gasteiger partial charge in [0.1, 0.15) is 0 Å². The maximum atomic E-state index is 11.3. The average molecular weight is 254 g/mol. The van der Waals surface area contributed by atoms with Gasteiger partial charge in [-0.2, -0.15) is 0 Å². The molecule has 0 aromatic rings. The summed E-state index contributed by atoms with van der Waals surface area (Å²) in [6, 6.07) is 0. The number of esters is 1. The van der Waals surface area contributed by atoms with Crippen LogP contribution in [0.3, 0.4) is 0 Å². The molecule has 0 aliphatic rings. The second-order valence-electron chi connectivity index (χ2n) is 4.80. The molecule has 0 aromatic heterocycles. The van der Waals surface area contributed by atoms with Crippen molar-refractivity contribution in [1.82, 2.24) is 0 Å². The predicted molar refractivity (Wildman–Crippen MR) is 77.6 cm³/mol. The first kappa shape index (κ1) is 17.2. The predicted octanol–water partition coefficient (Wildman–Crippen LogP) is 5.03. The van der Waals surface area contributed by atoms with Crippen molar-refractivity contribution in [3.63, 3.8) is 0 Å². The average Bonchev–Trinajstić information content (AvgIpc) is 2.38. The highest BCUT2D eigenvalue weighted by Gasteiger charge is 2.01. The summed E-state index contributed by atoms with van der Waals surface area (Å²) in [4.78, 5) is 11.3. The van der Waals surface area contributed by atoms with Crippen molar-refractivity contribution in [1.29, 1.82) is 0 Å². The fourth-order valence-electron chi connectivity index (χ4n) is 1.88. The maximum Gasteiger partial charge on any atom is 0.305 e. The fourth-order valence-corrected chi connectivity index (χ4v) is 1.88. The van der Waals surface area contributed by atoms with Gasteiger partial charge in [-0.15, -0.1) is 0 Å². The van der Waals surface area contributed by atoms with Gasteiger partial charge in [0, 0.05) is 6.42 Å². The minimum absolute atomic E-state index is 0.0366. The summed E-state index contributed by atoms with van der Waals surface area (Å²) in [5, 5.41) is 0. The van der Waals surface area contributed by atoms with Gasteiger partial charge in [-0.25, -0.2) is 0 Å². The Morgan fingerprint density at radius 3 is 2.22 bits per heavy atom. The zero-order chi connectivity index (χ0) is 13.5. The van der Waals surface area contributed by atoms with Crippen LogP contribution in [0, 0.1) is 0 Å². The molecule has 0 radical (unpaired) electrons. The van der Waals surface area contributed by atoms with Crippen molar-refractivity contribution >= 4 is 5.97 Å². The van der Waals surface area contributed by atoms with Crippen LogP contribution in [0.15, 0.2) is 12.2 Å². The number of allylic oxidation sites excluding steroid dienone is 1. The van der Waals surface area contributed by atoms with Crippen molar-refractivity contribution in [3.05, 3.63) is 12.2 Å². The molecule has 18 heavy (non-hydrogen) atoms. The lowest BCUT2D eigenvalue weighted by atomic mass is 10.1. The molecule has 2 nitrogen and oxygen atoms in total. The summed E-state index contributed by atoms with van der Waals surface area (Å²) in [6.07, 6.45) is 15.5. The molecular weight excluding hydrogens is 224 g/mol. The smallest absolute Gasteiger partial charge is 0.305 e. The second-order valence-corrected chi connectivity index (χ2v) is 4.80. The lowest BCUT2D eigenvalue weighted by molar-refractivity contribution is -0.143. The highest BCUT2D eigenvalue weighted by molar-refractivity contribution is 5.69. The first-order valence-electron chi connectivity index (χ1n) is 7.58. The Balaban J connectivity index is 3.15. The summed E-state index contributed by atoms with van der Waals surface area (Å²) >= 11 is 0. The van der Waals surface area contributed by atoms with Gasteiger partial charge in [-0.05, 0) is 19.8 Å². The van der Waals surface area contributed by atoms with E-state index in [1.165, 1.54) is 38.5 Å². The maximum absolute atomic E-state index is 11.3. The molecule has 0 saturated heterocycles. The van der Waals surface area contributed by atoms with Crippen LogP contribution in [-0.4, -0.2) is 12.6 Å². The number of carbonyl (C=O) groups is 1. The van der Waals surface area contributed by atoms with Gasteiger partial charge in [0.25, 0.3) is 0 Å². The van der Waals surface area contributed by atoms with E-state index in [9.17, 15) is 4.79 Å². The molecule has 0 amide bonds. The number of carbonyl (C=O) groups excluding carboxylic acids is 1. The zero-order valence-corrected chi connectivity index (χ0v) is 12.2. The van der Waals surface area contributed by atoms with Crippen LogP contribution in [0.2, 0.25) is 0 Å². The Hall–Kier alpha value is -0.790. The second kappa shape index (κ2) is 14.3. The molecule has 0 bridgehead atoms. The minimum atomic E-state index is -0.0366. The SMILES string of the molecule is CC=CCCOC(=O)CCCCCCCCCC. The van der Waals surface area contributed by atoms with E-state index in [1.807, 2.05) is 19.1 Å². The molecule has 0 saturated carbocycles. The first-order chi connectivity index (χ1) is 8.81. The molecular formula is C16H30O2. The van der Waals surface area contributed by atoms with Crippen molar-refractivity contribution in [2.45, 2.75) is 78.1 Å². The minimum Gasteiger partial charge on any atom is -0.465 e. The third-order valence-electron chi connectivity index (χ3n) is 3.02. The summed E-state index contributed by atoms with van der Waals surface area (Å²) in [5.41, 5.74) is 0. The monoisotopic (exact) mass is 254 g/mol. The molecule has 0 spiro atoms. The Labute approximate surface area is 113 Å². The summed E-state index contributed by atoms with van der Waals surface area (Å²) in [6.45, 7) is 4.74. The van der Waals surface area contributed by atoms with E-state index in [0.717, 1.165) is 19.3 Å². The number of ether oxygens (including phenoxy) is 1. The highest BCUT2D eigenvalue weighted by Crippen LogP contribution is 2.09. The topological polar surface area (TPSA) is 26.3 Å². The molecule has 0 atom stereocenters. The molecule has 0 rings (SSSR count). The lowest BCUT2D eigenvalue weighted by Crippen LogP contribution is -2.04. The molecule has 2 heteroatoms. The van der Waals surface area contributed by atoms with E-state index in [0.29, 0.717) is 13.0 Å². The standard InChI is InChI=1S/C16H30O2/c1-3-5-7-8-9-10-11-12-14-16(17)18-15-13-6-4-2/h4,6H,3,5,7-15H2,1-2H3. The molecule has 0 fully saturated rings. The first-order valence-corrected chi connectivity index (χ1v) is 7.58. The van der Waals surface area contributed by atoms with E-state index >= 15 is 0 Å². The lowest BCUT2D eigenvalue weighted by Gasteiger charge is -2.03. The van der Waals surface area contributed by atoms with Crippen LogP contribution < -0.4 is 0 Å². The Morgan fingerprint density at radius 2 is 1.61 bits per heavy atom. The summed E-state index contributed by atoms with van der Waals surface area (Å²) in [5.74, 6) is -0.0366. The van der Waals surface area contributed by atoms with Crippen molar-refractivity contribution in [2.24, 2.45) is 0 Å². The Morgan fingerprint density at radius 1 is 1.00 bits per heavy atom. The van der Waals surface area contributed by atoms with Crippen LogP contribution >= 0.6 is 0 Å². The Bertz CT molecular complexity index is 209. The summed E-state index contributed by atoms with van der Waals surface area (Å²) < 4.78 is 5.11. The highest BCUT2D eigenvalue weighted by atomic mass is 16.5. The van der Waals surface area contributed by atoms with E-state index in [-0.39, 0.29) is 5.97 Å². The molecule has 106 valence electrons. The van der Waals surface area contributed by atoms with Crippen LogP contribution in [0.25, 0.3) is 0 Å². The molecule has 0 aromatic carbocycles. The largest absolute Gasteiger partial charge is 0.465 e. The van der Waals surface area contributed by atoms with Gasteiger partial charge >= 0.3 is 5.97 Å². The van der Waals surface area contributed by atoms with Crippen LogP contribution in [0.1, 0.15) is 78.1 Å². The van der Waals surface area contributed by atoms with Gasteiger partial charge in [0.2, 0.25) is 0 Å². The van der Waals surface area contributed by atoms with E-state index in [2.05, 4.69) is 6.92 Å². The molecule has 0 aliphatic carbocycles. The van der Waals surface area contributed by atoms with Crippen LogP contribution in [0.5, 0.6) is 0 Å². The summed E-state index contributed by atoms with van der Waals surface area (Å²) in [7, 11) is 0. The van der Waals surface area contributed by atoms with Crippen LogP contribution in [0.4, 0.5) is 0 Å². The molecule has 0 aliphatic heterocycles. The normalized spacial score (nSPS) is 11.0. The molecule has 0 unspecified atom stereocenters. The zero-order valence-electron chi connectivity index (χ0n) is 12.2. The quantitative estimate of drug-likeness (QED) is 0.277. The molecule has 0 N–H and O–H groups in total. The Kier molecular flexibility index (Phi) is 13.6. The van der Waals surface area contributed by atoms with Gasteiger partial charge in [-0.3, -0.25) is 4.79 Å². The van der Waals surface area contributed by atoms with E-state index in [4.69, 9.17) is 4.74 Å². The number of rotatable bonds is 12. The number of hydrogen-bond donors (Lipinski definition) is 0. The van der Waals surface area contributed by atoms with Crippen LogP contribution in [-0.2, 0) is 9.53 Å². The van der Waals surface area contributed by atoms with E-state index < -0.39 is 0 Å².